The third-order valence-electron chi connectivity index (χ3n) is 2.05. The van der Waals surface area contributed by atoms with Crippen molar-refractivity contribution in [3.63, 3.8) is 0 Å². The number of carbonyl (C=O) groups is 1. The summed E-state index contributed by atoms with van der Waals surface area (Å²) in [7, 11) is 0. The molecule has 2 rings (SSSR count). The molecule has 0 saturated carbocycles. The fraction of sp³-hybridized carbons (Fsp3) is 0. The summed E-state index contributed by atoms with van der Waals surface area (Å²) < 4.78 is 5.65. The molecule has 6 heteroatoms. The monoisotopic (exact) mass is 282 g/mol. The minimum Gasteiger partial charge on any atom is -0.477 e. The van der Waals surface area contributed by atoms with E-state index in [-0.39, 0.29) is 17.1 Å². The first-order valence-corrected chi connectivity index (χ1v) is 5.14. The molecule has 1 aromatic heterocycles. The number of nitrogens with zero attached hydrogens (tertiary/aromatic N) is 1. The molecule has 5 nitrogen and oxygen atoms in total. The molecular formula is C10H7BrN2O3. The van der Waals surface area contributed by atoms with Gasteiger partial charge in [-0.1, -0.05) is 33.2 Å². The zero-order valence-corrected chi connectivity index (χ0v) is 9.56. The van der Waals surface area contributed by atoms with Crippen LogP contribution in [0.25, 0.3) is 11.3 Å². The Bertz CT molecular complexity index is 551. The van der Waals surface area contributed by atoms with E-state index >= 15 is 0 Å². The van der Waals surface area contributed by atoms with Crippen molar-refractivity contribution in [3.8, 4) is 11.3 Å². The molecule has 0 fully saturated rings. The summed E-state index contributed by atoms with van der Waals surface area (Å²) in [5.41, 5.74) is 5.91. The van der Waals surface area contributed by atoms with Crippen molar-refractivity contribution in [1.29, 1.82) is 0 Å². The Hall–Kier alpha value is -1.82. The van der Waals surface area contributed by atoms with Gasteiger partial charge in [-0.25, -0.2) is 4.79 Å². The molecule has 0 aliphatic rings. The van der Waals surface area contributed by atoms with Gasteiger partial charge < -0.3 is 15.4 Å². The minimum atomic E-state index is -1.16. The predicted molar refractivity (Wildman–Crippen MR) is 61.0 cm³/mol. The number of nitrogen functional groups attached to an aromatic ring is 1. The predicted octanol–water partition coefficient (Wildman–Crippen LogP) is 2.38. The molecule has 2 aromatic rings. The van der Waals surface area contributed by atoms with E-state index in [0.717, 1.165) is 0 Å². The fourth-order valence-electron chi connectivity index (χ4n) is 1.34. The average Bonchev–Trinajstić information content (AvgIpc) is 2.61. The van der Waals surface area contributed by atoms with Crippen LogP contribution in [-0.2, 0) is 0 Å². The maximum Gasteiger partial charge on any atom is 0.343 e. The van der Waals surface area contributed by atoms with Crippen LogP contribution in [-0.4, -0.2) is 16.2 Å². The fourth-order valence-corrected chi connectivity index (χ4v) is 1.80. The van der Waals surface area contributed by atoms with Crippen LogP contribution in [0.4, 0.5) is 5.82 Å². The van der Waals surface area contributed by atoms with Gasteiger partial charge in [0.25, 0.3) is 0 Å². The van der Waals surface area contributed by atoms with Crippen molar-refractivity contribution < 1.29 is 14.4 Å². The van der Waals surface area contributed by atoms with Crippen LogP contribution >= 0.6 is 15.9 Å². The summed E-state index contributed by atoms with van der Waals surface area (Å²) in [5.74, 6) is -1.14. The van der Waals surface area contributed by atoms with E-state index in [2.05, 4.69) is 21.1 Å². The quantitative estimate of drug-likeness (QED) is 0.883. The van der Waals surface area contributed by atoms with E-state index in [4.69, 9.17) is 15.4 Å². The molecule has 0 saturated heterocycles. The van der Waals surface area contributed by atoms with Crippen molar-refractivity contribution in [1.82, 2.24) is 5.16 Å². The van der Waals surface area contributed by atoms with Crippen molar-refractivity contribution in [2.45, 2.75) is 0 Å². The Labute approximate surface area is 99.0 Å². The Morgan fingerprint density at radius 2 is 2.12 bits per heavy atom. The molecule has 0 amide bonds. The summed E-state index contributed by atoms with van der Waals surface area (Å²) in [4.78, 5) is 11.0. The standard InChI is InChI=1S/C10H7BrN2O3/c11-6-4-2-1-3-5(6)8-7(10(14)15)9(12)13-16-8/h1-4H,(H2,12,13)(H,14,15). The zero-order chi connectivity index (χ0) is 11.7. The number of hydrogen-bond donors (Lipinski definition) is 2. The van der Waals surface area contributed by atoms with Gasteiger partial charge in [-0.05, 0) is 12.1 Å². The highest BCUT2D eigenvalue weighted by Gasteiger charge is 2.23. The lowest BCUT2D eigenvalue weighted by Gasteiger charge is -2.00. The van der Waals surface area contributed by atoms with Crippen molar-refractivity contribution in [2.75, 3.05) is 5.73 Å². The number of carboxylic acids is 1. The van der Waals surface area contributed by atoms with Crippen LogP contribution in [0.1, 0.15) is 10.4 Å². The molecule has 16 heavy (non-hydrogen) atoms. The lowest BCUT2D eigenvalue weighted by Crippen LogP contribution is -2.01. The number of aromatic nitrogens is 1. The Morgan fingerprint density at radius 3 is 2.75 bits per heavy atom. The second kappa shape index (κ2) is 3.97. The normalized spacial score (nSPS) is 10.3. The van der Waals surface area contributed by atoms with Gasteiger partial charge in [-0.3, -0.25) is 0 Å². The second-order valence-electron chi connectivity index (χ2n) is 3.06. The summed E-state index contributed by atoms with van der Waals surface area (Å²) >= 11 is 3.30. The zero-order valence-electron chi connectivity index (χ0n) is 7.98. The van der Waals surface area contributed by atoms with E-state index in [0.29, 0.717) is 10.0 Å². The van der Waals surface area contributed by atoms with Crippen LogP contribution in [0.3, 0.4) is 0 Å². The summed E-state index contributed by atoms with van der Waals surface area (Å²) in [6, 6.07) is 7.08. The third-order valence-corrected chi connectivity index (χ3v) is 2.74. The van der Waals surface area contributed by atoms with Crippen LogP contribution < -0.4 is 5.73 Å². The summed E-state index contributed by atoms with van der Waals surface area (Å²) in [6.45, 7) is 0. The highest BCUT2D eigenvalue weighted by atomic mass is 79.9. The lowest BCUT2D eigenvalue weighted by atomic mass is 10.1. The number of rotatable bonds is 2. The number of nitrogens with two attached hydrogens (primary N) is 1. The smallest absolute Gasteiger partial charge is 0.343 e. The van der Waals surface area contributed by atoms with Crippen LogP contribution in [0.2, 0.25) is 0 Å². The van der Waals surface area contributed by atoms with Gasteiger partial charge in [-0.15, -0.1) is 0 Å². The van der Waals surface area contributed by atoms with Crippen LogP contribution in [0.5, 0.6) is 0 Å². The van der Waals surface area contributed by atoms with Gasteiger partial charge in [0.2, 0.25) is 0 Å². The SMILES string of the molecule is Nc1noc(-c2ccccc2Br)c1C(=O)O. The van der Waals surface area contributed by atoms with Crippen molar-refractivity contribution >= 4 is 27.7 Å². The van der Waals surface area contributed by atoms with E-state index in [9.17, 15) is 4.79 Å². The first-order chi connectivity index (χ1) is 7.61. The topological polar surface area (TPSA) is 89.4 Å². The third kappa shape index (κ3) is 1.67. The first-order valence-electron chi connectivity index (χ1n) is 4.34. The molecule has 0 unspecified atom stereocenters. The molecular weight excluding hydrogens is 276 g/mol. The van der Waals surface area contributed by atoms with E-state index < -0.39 is 5.97 Å². The number of aromatic carboxylic acids is 1. The molecule has 3 N–H and O–H groups in total. The molecule has 0 bridgehead atoms. The highest BCUT2D eigenvalue weighted by molar-refractivity contribution is 9.10. The molecule has 0 aliphatic carbocycles. The van der Waals surface area contributed by atoms with Gasteiger partial charge in [0.15, 0.2) is 17.1 Å². The van der Waals surface area contributed by atoms with Crippen molar-refractivity contribution in [2.24, 2.45) is 0 Å². The van der Waals surface area contributed by atoms with E-state index in [1.165, 1.54) is 0 Å². The molecule has 0 aliphatic heterocycles. The molecule has 1 heterocycles. The highest BCUT2D eigenvalue weighted by Crippen LogP contribution is 2.32. The van der Waals surface area contributed by atoms with Crippen LogP contribution in [0, 0.1) is 0 Å². The number of halogens is 1. The summed E-state index contributed by atoms with van der Waals surface area (Å²) in [6.07, 6.45) is 0. The molecule has 1 aromatic carbocycles. The van der Waals surface area contributed by atoms with Gasteiger partial charge in [-0.2, -0.15) is 0 Å². The average molecular weight is 283 g/mol. The molecule has 0 atom stereocenters. The van der Waals surface area contributed by atoms with Crippen LogP contribution in [0.15, 0.2) is 33.3 Å². The second-order valence-corrected chi connectivity index (χ2v) is 3.91. The molecule has 0 radical (unpaired) electrons. The van der Waals surface area contributed by atoms with Gasteiger partial charge in [0.05, 0.1) is 0 Å². The van der Waals surface area contributed by atoms with Crippen molar-refractivity contribution in [3.05, 3.63) is 34.3 Å². The minimum absolute atomic E-state index is 0.119. The number of anilines is 1. The van der Waals surface area contributed by atoms with E-state index in [1.54, 1.807) is 18.2 Å². The largest absolute Gasteiger partial charge is 0.477 e. The van der Waals surface area contributed by atoms with E-state index in [1.807, 2.05) is 6.07 Å². The Morgan fingerprint density at radius 1 is 1.44 bits per heavy atom. The summed E-state index contributed by atoms with van der Waals surface area (Å²) in [5, 5.41) is 12.4. The van der Waals surface area contributed by atoms with Gasteiger partial charge in [0, 0.05) is 10.0 Å². The van der Waals surface area contributed by atoms with Gasteiger partial charge in [0.1, 0.15) is 0 Å². The maximum atomic E-state index is 11.0. The Kier molecular flexibility index (Phi) is 2.66. The maximum absolute atomic E-state index is 11.0. The lowest BCUT2D eigenvalue weighted by molar-refractivity contribution is 0.0698. The number of carboxylic acid groups (broad SMARTS) is 1. The molecule has 0 spiro atoms. The van der Waals surface area contributed by atoms with Gasteiger partial charge >= 0.3 is 5.97 Å². The molecule has 82 valence electrons. The number of hydrogen-bond acceptors (Lipinski definition) is 4. The Balaban J connectivity index is 2.66. The first kappa shape index (κ1) is 10.7. The number of benzene rings is 1.